The number of nitrogens with zero attached hydrogens (tertiary/aromatic N) is 1. The number of carbonyl (C=O) groups is 1. The van der Waals surface area contributed by atoms with Crippen molar-refractivity contribution in [3.8, 4) is 0 Å². The molecular formula is C6H5BrClNO2. The molecule has 0 fully saturated rings. The molecule has 0 bridgehead atoms. The second-order valence-corrected chi connectivity index (χ2v) is 3.79. The first-order valence-corrected chi connectivity index (χ1v) is 4.07. The van der Waals surface area contributed by atoms with E-state index >= 15 is 0 Å². The molecule has 0 saturated carbocycles. The number of hydrogen-bond donors (Lipinski definition) is 1. The smallest absolute Gasteiger partial charge is 0.327 e. The molecule has 0 aliphatic carbocycles. The summed E-state index contributed by atoms with van der Waals surface area (Å²) in [5.74, 6) is -1.04. The van der Waals surface area contributed by atoms with E-state index in [2.05, 4.69) is 20.9 Å². The molecule has 0 aromatic heterocycles. The molecule has 0 aromatic rings. The number of dihydropyridines is 1. The predicted octanol–water partition coefficient (Wildman–Crippen LogP) is 1.41. The van der Waals surface area contributed by atoms with Crippen molar-refractivity contribution in [3.05, 3.63) is 12.2 Å². The van der Waals surface area contributed by atoms with Crippen LogP contribution in [0.15, 0.2) is 17.1 Å². The van der Waals surface area contributed by atoms with E-state index in [1.54, 1.807) is 6.08 Å². The van der Waals surface area contributed by atoms with E-state index in [9.17, 15) is 4.79 Å². The Kier molecular flexibility index (Phi) is 2.34. The van der Waals surface area contributed by atoms with Crippen LogP contribution in [0.25, 0.3) is 0 Å². The van der Waals surface area contributed by atoms with Gasteiger partial charge in [0.1, 0.15) is 0 Å². The van der Waals surface area contributed by atoms with Crippen LogP contribution in [0, 0.1) is 0 Å². The maximum Gasteiger partial charge on any atom is 0.327 e. The highest BCUT2D eigenvalue weighted by Crippen LogP contribution is 2.31. The van der Waals surface area contributed by atoms with E-state index in [-0.39, 0.29) is 0 Å². The zero-order chi connectivity index (χ0) is 8.48. The molecule has 0 aromatic carbocycles. The van der Waals surface area contributed by atoms with Gasteiger partial charge in [0.15, 0.2) is 9.83 Å². The third-order valence-corrected chi connectivity index (χ3v) is 3.07. The van der Waals surface area contributed by atoms with Gasteiger partial charge >= 0.3 is 5.97 Å². The van der Waals surface area contributed by atoms with Crippen LogP contribution in [-0.2, 0) is 4.79 Å². The Labute approximate surface area is 76.9 Å². The maximum absolute atomic E-state index is 10.6. The molecule has 0 radical (unpaired) electrons. The molecule has 11 heavy (non-hydrogen) atoms. The maximum atomic E-state index is 10.6. The fourth-order valence-electron chi connectivity index (χ4n) is 0.669. The summed E-state index contributed by atoms with van der Waals surface area (Å²) in [6.07, 6.45) is 4.47. The Morgan fingerprint density at radius 1 is 1.82 bits per heavy atom. The first-order chi connectivity index (χ1) is 5.07. The lowest BCUT2D eigenvalue weighted by molar-refractivity contribution is -0.138. The summed E-state index contributed by atoms with van der Waals surface area (Å²) in [4.78, 5) is 14.4. The van der Waals surface area contributed by atoms with Crippen LogP contribution < -0.4 is 0 Å². The zero-order valence-corrected chi connectivity index (χ0v) is 7.71. The molecule has 2 atom stereocenters. The Morgan fingerprint density at radius 2 is 2.45 bits per heavy atom. The largest absolute Gasteiger partial charge is 0.480 e. The second-order valence-electron chi connectivity index (χ2n) is 2.07. The normalized spacial score (nSPS) is 35.6. The van der Waals surface area contributed by atoms with Crippen molar-refractivity contribution in [1.82, 2.24) is 0 Å². The van der Waals surface area contributed by atoms with Gasteiger partial charge in [-0.3, -0.25) is 9.79 Å². The molecule has 1 aliphatic heterocycles. The number of carboxylic acids is 1. The van der Waals surface area contributed by atoms with E-state index in [4.69, 9.17) is 16.7 Å². The van der Waals surface area contributed by atoms with Crippen molar-refractivity contribution in [3.63, 3.8) is 0 Å². The lowest BCUT2D eigenvalue weighted by Gasteiger charge is -2.22. The highest BCUT2D eigenvalue weighted by atomic mass is 79.9. The molecule has 0 spiro atoms. The summed E-state index contributed by atoms with van der Waals surface area (Å²) in [5.41, 5.74) is -0.787. The van der Waals surface area contributed by atoms with E-state index in [0.717, 1.165) is 0 Å². The van der Waals surface area contributed by atoms with Crippen LogP contribution in [0.5, 0.6) is 0 Å². The van der Waals surface area contributed by atoms with Crippen LogP contribution in [0.1, 0.15) is 0 Å². The minimum absolute atomic E-state index is 0.787. The molecule has 60 valence electrons. The second kappa shape index (κ2) is 2.95. The lowest BCUT2D eigenvalue weighted by atomic mass is 10.1. The highest BCUT2D eigenvalue weighted by molar-refractivity contribution is 9.10. The van der Waals surface area contributed by atoms with E-state index in [1.165, 1.54) is 12.3 Å². The van der Waals surface area contributed by atoms with Crippen LogP contribution >= 0.6 is 27.5 Å². The van der Waals surface area contributed by atoms with E-state index in [1.807, 2.05) is 0 Å². The van der Waals surface area contributed by atoms with E-state index in [0.29, 0.717) is 0 Å². The Balaban J connectivity index is 2.94. The summed E-state index contributed by atoms with van der Waals surface area (Å²) in [6.45, 7) is 0. The molecule has 3 nitrogen and oxygen atoms in total. The van der Waals surface area contributed by atoms with Gasteiger partial charge in [0.05, 0.1) is 0 Å². The topological polar surface area (TPSA) is 49.7 Å². The SMILES string of the molecule is O=C(O)C1(Br)C=CC=NC1Cl. The summed E-state index contributed by atoms with van der Waals surface area (Å²) < 4.78 is -1.25. The quantitative estimate of drug-likeness (QED) is 0.555. The molecule has 0 amide bonds. The zero-order valence-electron chi connectivity index (χ0n) is 5.37. The summed E-state index contributed by atoms with van der Waals surface area (Å²) in [7, 11) is 0. The van der Waals surface area contributed by atoms with Crippen LogP contribution in [-0.4, -0.2) is 27.1 Å². The fourth-order valence-corrected chi connectivity index (χ4v) is 1.17. The van der Waals surface area contributed by atoms with Crippen molar-refractivity contribution in [2.75, 3.05) is 0 Å². The van der Waals surface area contributed by atoms with Gasteiger partial charge in [0.2, 0.25) is 0 Å². The number of hydrogen-bond acceptors (Lipinski definition) is 2. The highest BCUT2D eigenvalue weighted by Gasteiger charge is 2.41. The summed E-state index contributed by atoms with van der Waals surface area (Å²) in [6, 6.07) is 0. The molecule has 1 heterocycles. The average Bonchev–Trinajstić information content (AvgIpc) is 1.95. The third kappa shape index (κ3) is 1.46. The van der Waals surface area contributed by atoms with E-state index < -0.39 is 15.8 Å². The predicted molar refractivity (Wildman–Crippen MR) is 46.6 cm³/mol. The number of aliphatic imine (C=N–C) groups is 1. The molecule has 0 saturated heterocycles. The summed E-state index contributed by atoms with van der Waals surface area (Å²) in [5, 5.41) is 8.71. The Bertz CT molecular complexity index is 241. The molecule has 2 unspecified atom stereocenters. The molecule has 1 N–H and O–H groups in total. The van der Waals surface area contributed by atoms with Crippen molar-refractivity contribution in [2.45, 2.75) is 9.83 Å². The van der Waals surface area contributed by atoms with Crippen molar-refractivity contribution in [2.24, 2.45) is 4.99 Å². The number of halogens is 2. The van der Waals surface area contributed by atoms with Gasteiger partial charge in [-0.1, -0.05) is 33.6 Å². The van der Waals surface area contributed by atoms with Crippen molar-refractivity contribution < 1.29 is 9.90 Å². The van der Waals surface area contributed by atoms with Gasteiger partial charge in [0, 0.05) is 6.21 Å². The van der Waals surface area contributed by atoms with Gasteiger partial charge in [-0.15, -0.1) is 0 Å². The van der Waals surface area contributed by atoms with Gasteiger partial charge in [0.25, 0.3) is 0 Å². The monoisotopic (exact) mass is 237 g/mol. The number of alkyl halides is 2. The standard InChI is InChI=1S/C6H5BrClNO2/c7-6(5(10)11)2-1-3-9-4(6)8/h1-4H,(H,10,11). The van der Waals surface area contributed by atoms with Crippen molar-refractivity contribution >= 4 is 39.7 Å². The Morgan fingerprint density at radius 3 is 2.82 bits per heavy atom. The van der Waals surface area contributed by atoms with Gasteiger partial charge < -0.3 is 5.11 Å². The minimum atomic E-state index is -1.25. The van der Waals surface area contributed by atoms with Gasteiger partial charge in [-0.25, -0.2) is 0 Å². The molecule has 1 aliphatic rings. The Hall–Kier alpha value is -0.350. The number of aliphatic carboxylic acids is 1. The first-order valence-electron chi connectivity index (χ1n) is 2.85. The number of rotatable bonds is 1. The molecular weight excluding hydrogens is 233 g/mol. The lowest BCUT2D eigenvalue weighted by Crippen LogP contribution is -2.39. The number of allylic oxidation sites excluding steroid dienone is 1. The minimum Gasteiger partial charge on any atom is -0.480 e. The summed E-state index contributed by atoms with van der Waals surface area (Å²) >= 11 is 8.64. The number of carboxylic acid groups (broad SMARTS) is 1. The van der Waals surface area contributed by atoms with Gasteiger partial charge in [-0.05, 0) is 6.08 Å². The van der Waals surface area contributed by atoms with Gasteiger partial charge in [-0.2, -0.15) is 0 Å². The average molecular weight is 238 g/mol. The van der Waals surface area contributed by atoms with Crippen LogP contribution in [0.2, 0.25) is 0 Å². The van der Waals surface area contributed by atoms with Crippen LogP contribution in [0.3, 0.4) is 0 Å². The van der Waals surface area contributed by atoms with Crippen molar-refractivity contribution in [1.29, 1.82) is 0 Å². The molecule has 5 heteroatoms. The third-order valence-electron chi connectivity index (χ3n) is 1.32. The first kappa shape index (κ1) is 8.74. The molecule has 1 rings (SSSR count). The fraction of sp³-hybridized carbons (Fsp3) is 0.333. The van der Waals surface area contributed by atoms with Crippen LogP contribution in [0.4, 0.5) is 0 Å².